The molecule has 0 radical (unpaired) electrons. The highest BCUT2D eigenvalue weighted by Crippen LogP contribution is 2.29. The number of fused-ring (bicyclic) bond motifs is 3. The highest BCUT2D eigenvalue weighted by Gasteiger charge is 2.22. The van der Waals surface area contributed by atoms with Crippen molar-refractivity contribution >= 4 is 38.0 Å². The fourth-order valence-electron chi connectivity index (χ4n) is 3.42. The van der Waals surface area contributed by atoms with Crippen molar-refractivity contribution in [3.8, 4) is 0 Å². The number of hydrogen-bond acceptors (Lipinski definition) is 5. The van der Waals surface area contributed by atoms with Crippen molar-refractivity contribution in [2.75, 3.05) is 13.1 Å². The fourth-order valence-corrected chi connectivity index (χ4v) is 3.78. The number of nitrogens with zero attached hydrogens (tertiary/aromatic N) is 3. The predicted molar refractivity (Wildman–Crippen MR) is 94.3 cm³/mol. The molecule has 3 aromatic rings. The van der Waals surface area contributed by atoms with Gasteiger partial charge in [0.25, 0.3) is 0 Å². The molecule has 2 atom stereocenters. The molecule has 0 bridgehead atoms. The van der Waals surface area contributed by atoms with Crippen LogP contribution in [0.25, 0.3) is 22.1 Å². The SMILES string of the molecule is C[C@@H]1CN(Cc2ncc3oc4ccc(Br)cc4c3n2)C[C@H](C)N1. The molecule has 1 fully saturated rings. The second-order valence-corrected chi connectivity index (χ2v) is 7.32. The van der Waals surface area contributed by atoms with E-state index in [1.807, 2.05) is 18.2 Å². The van der Waals surface area contributed by atoms with Crippen LogP contribution in [0.5, 0.6) is 0 Å². The summed E-state index contributed by atoms with van der Waals surface area (Å²) in [4.78, 5) is 11.7. The van der Waals surface area contributed by atoms with Crippen LogP contribution < -0.4 is 5.32 Å². The molecule has 23 heavy (non-hydrogen) atoms. The number of rotatable bonds is 2. The van der Waals surface area contributed by atoms with Crippen LogP contribution in [0.15, 0.2) is 33.3 Å². The number of nitrogens with one attached hydrogen (secondary N) is 1. The average Bonchev–Trinajstić information content (AvgIpc) is 2.84. The summed E-state index contributed by atoms with van der Waals surface area (Å²) in [6.45, 7) is 7.24. The lowest BCUT2D eigenvalue weighted by Crippen LogP contribution is -2.53. The van der Waals surface area contributed by atoms with Gasteiger partial charge in [-0.1, -0.05) is 15.9 Å². The summed E-state index contributed by atoms with van der Waals surface area (Å²) in [6, 6.07) is 6.97. The van der Waals surface area contributed by atoms with E-state index in [0.29, 0.717) is 12.1 Å². The van der Waals surface area contributed by atoms with Crippen LogP contribution in [0, 0.1) is 0 Å². The monoisotopic (exact) mass is 374 g/mol. The van der Waals surface area contributed by atoms with Crippen molar-refractivity contribution in [2.45, 2.75) is 32.5 Å². The summed E-state index contributed by atoms with van der Waals surface area (Å²) in [7, 11) is 0. The molecule has 0 unspecified atom stereocenters. The van der Waals surface area contributed by atoms with E-state index in [-0.39, 0.29) is 0 Å². The lowest BCUT2D eigenvalue weighted by molar-refractivity contribution is 0.163. The van der Waals surface area contributed by atoms with Gasteiger partial charge in [0, 0.05) is 35.0 Å². The third-order valence-corrected chi connectivity index (χ3v) is 4.71. The molecule has 0 spiro atoms. The van der Waals surface area contributed by atoms with Crippen molar-refractivity contribution in [1.29, 1.82) is 0 Å². The van der Waals surface area contributed by atoms with E-state index in [2.05, 4.69) is 45.0 Å². The van der Waals surface area contributed by atoms with Crippen molar-refractivity contribution in [3.63, 3.8) is 0 Å². The van der Waals surface area contributed by atoms with Crippen molar-refractivity contribution in [1.82, 2.24) is 20.2 Å². The molecule has 1 saturated heterocycles. The molecule has 1 aromatic carbocycles. The summed E-state index contributed by atoms with van der Waals surface area (Å²) < 4.78 is 6.84. The third kappa shape index (κ3) is 2.98. The number of aromatic nitrogens is 2. The Hall–Kier alpha value is -1.50. The highest BCUT2D eigenvalue weighted by atomic mass is 79.9. The lowest BCUT2D eigenvalue weighted by Gasteiger charge is -2.35. The topological polar surface area (TPSA) is 54.2 Å². The van der Waals surface area contributed by atoms with Crippen LogP contribution in [-0.4, -0.2) is 40.0 Å². The average molecular weight is 375 g/mol. The second kappa shape index (κ2) is 5.85. The van der Waals surface area contributed by atoms with Gasteiger partial charge >= 0.3 is 0 Å². The molecule has 1 aliphatic heterocycles. The van der Waals surface area contributed by atoms with Gasteiger partial charge in [0.05, 0.1) is 12.7 Å². The number of piperazine rings is 1. The maximum absolute atomic E-state index is 5.82. The van der Waals surface area contributed by atoms with E-state index in [4.69, 9.17) is 9.40 Å². The van der Waals surface area contributed by atoms with E-state index < -0.39 is 0 Å². The van der Waals surface area contributed by atoms with E-state index >= 15 is 0 Å². The Balaban J connectivity index is 1.68. The Bertz CT molecular complexity index is 852. The summed E-state index contributed by atoms with van der Waals surface area (Å²) in [6.07, 6.45) is 1.79. The molecule has 0 saturated carbocycles. The highest BCUT2D eigenvalue weighted by molar-refractivity contribution is 9.10. The van der Waals surface area contributed by atoms with Gasteiger partial charge in [-0.15, -0.1) is 0 Å². The summed E-state index contributed by atoms with van der Waals surface area (Å²) in [5, 5.41) is 4.58. The number of furan rings is 1. The Morgan fingerprint density at radius 2 is 2.04 bits per heavy atom. The zero-order valence-corrected chi connectivity index (χ0v) is 14.8. The van der Waals surface area contributed by atoms with Crippen LogP contribution >= 0.6 is 15.9 Å². The maximum Gasteiger partial charge on any atom is 0.172 e. The summed E-state index contributed by atoms with van der Waals surface area (Å²) in [5.74, 6) is 0.849. The van der Waals surface area contributed by atoms with Gasteiger partial charge in [0.15, 0.2) is 5.58 Å². The summed E-state index contributed by atoms with van der Waals surface area (Å²) in [5.41, 5.74) is 2.48. The van der Waals surface area contributed by atoms with Crippen molar-refractivity contribution in [2.24, 2.45) is 0 Å². The fraction of sp³-hybridized carbons (Fsp3) is 0.412. The molecule has 2 aromatic heterocycles. The minimum absolute atomic E-state index is 0.494. The first-order valence-electron chi connectivity index (χ1n) is 7.90. The zero-order chi connectivity index (χ0) is 16.0. The first-order valence-corrected chi connectivity index (χ1v) is 8.70. The van der Waals surface area contributed by atoms with Crippen LogP contribution in [0.1, 0.15) is 19.7 Å². The first kappa shape index (κ1) is 15.1. The predicted octanol–water partition coefficient (Wildman–Crippen LogP) is 3.32. The van der Waals surface area contributed by atoms with Gasteiger partial charge in [-0.2, -0.15) is 0 Å². The van der Waals surface area contributed by atoms with Gasteiger partial charge in [0.1, 0.15) is 16.9 Å². The standard InChI is InChI=1S/C17H19BrN4O/c1-10-7-22(8-11(2)20-10)9-16-19-6-15-17(21-16)13-5-12(18)3-4-14(13)23-15/h3-6,10-11,20H,7-9H2,1-2H3/t10-,11+. The molecule has 4 rings (SSSR count). The number of hydrogen-bond donors (Lipinski definition) is 1. The minimum Gasteiger partial charge on any atom is -0.453 e. The molecule has 1 aliphatic rings. The van der Waals surface area contributed by atoms with E-state index in [1.165, 1.54) is 0 Å². The zero-order valence-electron chi connectivity index (χ0n) is 13.2. The van der Waals surface area contributed by atoms with E-state index in [0.717, 1.165) is 52.0 Å². The molecular weight excluding hydrogens is 356 g/mol. The number of halogens is 1. The second-order valence-electron chi connectivity index (χ2n) is 6.40. The van der Waals surface area contributed by atoms with Gasteiger partial charge in [0.2, 0.25) is 0 Å². The largest absolute Gasteiger partial charge is 0.453 e. The van der Waals surface area contributed by atoms with Crippen LogP contribution in [-0.2, 0) is 6.54 Å². The smallest absolute Gasteiger partial charge is 0.172 e. The van der Waals surface area contributed by atoms with E-state index in [9.17, 15) is 0 Å². The molecule has 120 valence electrons. The van der Waals surface area contributed by atoms with Gasteiger partial charge in [-0.3, -0.25) is 4.90 Å². The van der Waals surface area contributed by atoms with Gasteiger partial charge in [-0.25, -0.2) is 9.97 Å². The van der Waals surface area contributed by atoms with Crippen LogP contribution in [0.2, 0.25) is 0 Å². The summed E-state index contributed by atoms with van der Waals surface area (Å²) >= 11 is 3.51. The molecule has 0 aliphatic carbocycles. The van der Waals surface area contributed by atoms with Gasteiger partial charge < -0.3 is 9.73 Å². The normalized spacial score (nSPS) is 22.9. The first-order chi connectivity index (χ1) is 11.1. The maximum atomic E-state index is 5.82. The van der Waals surface area contributed by atoms with E-state index in [1.54, 1.807) is 6.20 Å². The molecule has 6 heteroatoms. The quantitative estimate of drug-likeness (QED) is 0.745. The van der Waals surface area contributed by atoms with Crippen LogP contribution in [0.4, 0.5) is 0 Å². The number of benzene rings is 1. The molecule has 5 nitrogen and oxygen atoms in total. The van der Waals surface area contributed by atoms with Gasteiger partial charge in [-0.05, 0) is 32.0 Å². The molecule has 0 amide bonds. The molecular formula is C17H19BrN4O. The van der Waals surface area contributed by atoms with Crippen LogP contribution in [0.3, 0.4) is 0 Å². The van der Waals surface area contributed by atoms with Crippen molar-refractivity contribution < 1.29 is 4.42 Å². The lowest BCUT2D eigenvalue weighted by atomic mass is 10.1. The molecule has 1 N–H and O–H groups in total. The Labute approximate surface area is 143 Å². The Morgan fingerprint density at radius 3 is 2.83 bits per heavy atom. The Kier molecular flexibility index (Phi) is 3.83. The third-order valence-electron chi connectivity index (χ3n) is 4.22. The van der Waals surface area contributed by atoms with Crippen molar-refractivity contribution in [3.05, 3.63) is 34.7 Å². The minimum atomic E-state index is 0.494. The molecule has 3 heterocycles. The Morgan fingerprint density at radius 1 is 1.26 bits per heavy atom.